The molecule has 2 aromatic rings. The average molecular weight is 277 g/mol. The number of nitrogens with two attached hydrogens (primary N) is 1. The third kappa shape index (κ3) is 3.36. The number of hydrogen-bond donors (Lipinski definition) is 1. The lowest BCUT2D eigenvalue weighted by molar-refractivity contribution is 0.602. The molecule has 0 aliphatic rings. The van der Waals surface area contributed by atoms with Crippen LogP contribution in [-0.2, 0) is 5.75 Å². The van der Waals surface area contributed by atoms with Crippen molar-refractivity contribution in [2.75, 3.05) is 6.54 Å². The van der Waals surface area contributed by atoms with E-state index in [0.717, 1.165) is 16.2 Å². The highest BCUT2D eigenvalue weighted by Crippen LogP contribution is 2.28. The number of hydrogen-bond acceptors (Lipinski definition) is 3. The predicted octanol–water partition coefficient (Wildman–Crippen LogP) is 3.49. The summed E-state index contributed by atoms with van der Waals surface area (Å²) in [6.45, 7) is 0.357. The zero-order valence-electron chi connectivity index (χ0n) is 9.65. The Kier molecular flexibility index (Phi) is 4.82. The zero-order chi connectivity index (χ0) is 12.8. The van der Waals surface area contributed by atoms with Gasteiger partial charge in [-0.25, -0.2) is 4.39 Å². The number of thioether (sulfide) groups is 1. The van der Waals surface area contributed by atoms with E-state index in [-0.39, 0.29) is 5.82 Å². The van der Waals surface area contributed by atoms with E-state index in [9.17, 15) is 4.39 Å². The molecule has 0 spiro atoms. The van der Waals surface area contributed by atoms with Crippen LogP contribution in [0.5, 0.6) is 0 Å². The fourth-order valence-corrected chi connectivity index (χ4v) is 3.30. The van der Waals surface area contributed by atoms with Crippen LogP contribution in [0.25, 0.3) is 0 Å². The molecule has 2 rings (SSSR count). The first-order chi connectivity index (χ1) is 8.81. The monoisotopic (exact) mass is 277 g/mol. The fraction of sp³-hybridized carbons (Fsp3) is 0.143. The molecule has 1 heterocycles. The normalized spacial score (nSPS) is 9.89. The number of halogens is 1. The van der Waals surface area contributed by atoms with Crippen molar-refractivity contribution < 1.29 is 4.39 Å². The number of thiophene rings is 1. The summed E-state index contributed by atoms with van der Waals surface area (Å²) < 4.78 is 13.5. The van der Waals surface area contributed by atoms with E-state index in [2.05, 4.69) is 11.8 Å². The van der Waals surface area contributed by atoms with Gasteiger partial charge in [-0.15, -0.1) is 23.1 Å². The maximum Gasteiger partial charge on any atom is 0.136 e. The van der Waals surface area contributed by atoms with Gasteiger partial charge in [-0.05, 0) is 23.6 Å². The van der Waals surface area contributed by atoms with Crippen LogP contribution in [0.1, 0.15) is 10.4 Å². The van der Waals surface area contributed by atoms with Crippen molar-refractivity contribution >= 4 is 23.1 Å². The minimum atomic E-state index is -0.173. The van der Waals surface area contributed by atoms with Crippen molar-refractivity contribution in [3.05, 3.63) is 52.0 Å². The summed E-state index contributed by atoms with van der Waals surface area (Å²) in [7, 11) is 0. The molecular formula is C14H12FNS2. The van der Waals surface area contributed by atoms with Crippen LogP contribution in [0, 0.1) is 17.7 Å². The summed E-state index contributed by atoms with van der Waals surface area (Å²) in [6.07, 6.45) is 0. The van der Waals surface area contributed by atoms with Crippen LogP contribution < -0.4 is 5.73 Å². The second-order valence-electron chi connectivity index (χ2n) is 3.48. The Morgan fingerprint density at radius 2 is 2.11 bits per heavy atom. The van der Waals surface area contributed by atoms with E-state index in [1.54, 1.807) is 23.5 Å². The van der Waals surface area contributed by atoms with Gasteiger partial charge in [-0.2, -0.15) is 0 Å². The summed E-state index contributed by atoms with van der Waals surface area (Å²) in [5.74, 6) is 6.43. The molecule has 0 amide bonds. The van der Waals surface area contributed by atoms with Gasteiger partial charge in [0.05, 0.1) is 6.54 Å². The highest BCUT2D eigenvalue weighted by atomic mass is 32.2. The van der Waals surface area contributed by atoms with E-state index in [1.807, 2.05) is 17.5 Å². The molecule has 0 fully saturated rings. The minimum absolute atomic E-state index is 0.173. The maximum atomic E-state index is 13.5. The van der Waals surface area contributed by atoms with E-state index < -0.39 is 0 Å². The molecule has 0 bridgehead atoms. The molecule has 4 heteroatoms. The Labute approximate surface area is 114 Å². The number of rotatable bonds is 3. The predicted molar refractivity (Wildman–Crippen MR) is 76.2 cm³/mol. The molecule has 0 atom stereocenters. The largest absolute Gasteiger partial charge is 0.320 e. The van der Waals surface area contributed by atoms with Gasteiger partial charge in [-0.3, -0.25) is 0 Å². The molecule has 2 N–H and O–H groups in total. The van der Waals surface area contributed by atoms with Crippen molar-refractivity contribution in [1.29, 1.82) is 0 Å². The van der Waals surface area contributed by atoms with Gasteiger partial charge < -0.3 is 5.73 Å². The van der Waals surface area contributed by atoms with Crippen molar-refractivity contribution in [1.82, 2.24) is 0 Å². The third-order valence-electron chi connectivity index (χ3n) is 2.27. The Bertz CT molecular complexity index is 581. The van der Waals surface area contributed by atoms with Crippen LogP contribution in [-0.4, -0.2) is 6.54 Å². The molecular weight excluding hydrogens is 265 g/mol. The van der Waals surface area contributed by atoms with Gasteiger partial charge in [0.25, 0.3) is 0 Å². The lowest BCUT2D eigenvalue weighted by atomic mass is 10.3. The smallest absolute Gasteiger partial charge is 0.136 e. The van der Waals surface area contributed by atoms with Crippen molar-refractivity contribution in [2.24, 2.45) is 5.73 Å². The Morgan fingerprint density at radius 1 is 1.28 bits per heavy atom. The second kappa shape index (κ2) is 6.60. The maximum absolute atomic E-state index is 13.5. The first-order valence-corrected chi connectivity index (χ1v) is 7.30. The zero-order valence-corrected chi connectivity index (χ0v) is 11.3. The van der Waals surface area contributed by atoms with Gasteiger partial charge in [-0.1, -0.05) is 24.0 Å². The number of benzene rings is 1. The van der Waals surface area contributed by atoms with Gasteiger partial charge >= 0.3 is 0 Å². The average Bonchev–Trinajstić information content (AvgIpc) is 2.83. The van der Waals surface area contributed by atoms with Crippen molar-refractivity contribution in [3.63, 3.8) is 0 Å². The molecule has 92 valence electrons. The third-order valence-corrected chi connectivity index (χ3v) is 4.44. The van der Waals surface area contributed by atoms with Gasteiger partial charge in [0.1, 0.15) is 5.82 Å². The summed E-state index contributed by atoms with van der Waals surface area (Å²) in [4.78, 5) is 1.83. The van der Waals surface area contributed by atoms with Crippen molar-refractivity contribution in [3.8, 4) is 11.8 Å². The highest BCUT2D eigenvalue weighted by Gasteiger charge is 2.05. The van der Waals surface area contributed by atoms with Gasteiger partial charge in [0.15, 0.2) is 0 Å². The molecule has 0 saturated carbocycles. The SMILES string of the molecule is NCC#Cc1ccsc1CSc1ccccc1F. The van der Waals surface area contributed by atoms with Crippen molar-refractivity contribution in [2.45, 2.75) is 10.6 Å². The van der Waals surface area contributed by atoms with Crippen LogP contribution >= 0.6 is 23.1 Å². The highest BCUT2D eigenvalue weighted by molar-refractivity contribution is 7.98. The van der Waals surface area contributed by atoms with Crippen LogP contribution in [0.2, 0.25) is 0 Å². The van der Waals surface area contributed by atoms with Gasteiger partial charge in [0, 0.05) is 21.1 Å². The molecule has 1 nitrogen and oxygen atoms in total. The Morgan fingerprint density at radius 3 is 2.89 bits per heavy atom. The summed E-state index contributed by atoms with van der Waals surface area (Å²) >= 11 is 3.13. The fourth-order valence-electron chi connectivity index (χ4n) is 1.42. The molecule has 0 unspecified atom stereocenters. The quantitative estimate of drug-likeness (QED) is 0.686. The standard InChI is InChI=1S/C14H12FNS2/c15-12-5-1-2-6-13(12)18-10-14-11(4-3-8-16)7-9-17-14/h1-2,5-7,9H,8,10,16H2. The molecule has 0 saturated heterocycles. The molecule has 0 aliphatic heterocycles. The van der Waals surface area contributed by atoms with E-state index >= 15 is 0 Å². The lowest BCUT2D eigenvalue weighted by Gasteiger charge is -2.01. The second-order valence-corrected chi connectivity index (χ2v) is 5.50. The molecule has 1 aromatic carbocycles. The van der Waals surface area contributed by atoms with E-state index in [0.29, 0.717) is 11.4 Å². The molecule has 1 aromatic heterocycles. The summed E-state index contributed by atoms with van der Waals surface area (Å²) in [6, 6.07) is 8.78. The molecule has 18 heavy (non-hydrogen) atoms. The lowest BCUT2D eigenvalue weighted by Crippen LogP contribution is -1.93. The van der Waals surface area contributed by atoms with Gasteiger partial charge in [0.2, 0.25) is 0 Å². The Balaban J connectivity index is 2.07. The van der Waals surface area contributed by atoms with Crippen LogP contribution in [0.4, 0.5) is 4.39 Å². The summed E-state index contributed by atoms with van der Waals surface area (Å²) in [5, 5.41) is 2.00. The molecule has 0 aliphatic carbocycles. The first-order valence-electron chi connectivity index (χ1n) is 5.44. The molecule has 0 radical (unpaired) electrons. The first kappa shape index (κ1) is 13.2. The Hall–Kier alpha value is -1.28. The topological polar surface area (TPSA) is 26.0 Å². The minimum Gasteiger partial charge on any atom is -0.320 e. The van der Waals surface area contributed by atoms with E-state index in [4.69, 9.17) is 5.73 Å². The van der Waals surface area contributed by atoms with Crippen LogP contribution in [0.3, 0.4) is 0 Å². The van der Waals surface area contributed by atoms with Crippen LogP contribution in [0.15, 0.2) is 40.6 Å². The summed E-state index contributed by atoms with van der Waals surface area (Å²) in [5.41, 5.74) is 6.35. The van der Waals surface area contributed by atoms with E-state index in [1.165, 1.54) is 17.8 Å².